The van der Waals surface area contributed by atoms with Gasteiger partial charge in [0.2, 0.25) is 6.54 Å². The molecule has 122 valence electrons. The van der Waals surface area contributed by atoms with Crippen molar-refractivity contribution in [2.75, 3.05) is 13.2 Å². The molecule has 21 heavy (non-hydrogen) atoms. The number of carbonyl (C=O) groups is 2. The Balaban J connectivity index is 4.63. The highest BCUT2D eigenvalue weighted by atomic mass is 16.6. The molecule has 1 unspecified atom stereocenters. The van der Waals surface area contributed by atoms with Crippen molar-refractivity contribution in [2.24, 2.45) is 5.92 Å². The summed E-state index contributed by atoms with van der Waals surface area (Å²) in [5.74, 6) is -1.19. The Labute approximate surface area is 124 Å². The topological polar surface area (TPSA) is 108 Å². The first-order valence-corrected chi connectivity index (χ1v) is 6.82. The first-order chi connectivity index (χ1) is 9.55. The van der Waals surface area contributed by atoms with Crippen LogP contribution in [0.15, 0.2) is 0 Å². The molecule has 1 amide bonds. The van der Waals surface area contributed by atoms with Crippen molar-refractivity contribution in [3.63, 3.8) is 0 Å². The minimum absolute atomic E-state index is 0.133. The number of amides is 1. The summed E-state index contributed by atoms with van der Waals surface area (Å²) < 4.78 is 9.86. The third-order valence-corrected chi connectivity index (χ3v) is 2.57. The molecule has 2 atom stereocenters. The van der Waals surface area contributed by atoms with Crippen molar-refractivity contribution in [1.29, 1.82) is 0 Å². The highest BCUT2D eigenvalue weighted by molar-refractivity contribution is 5.70. The molecule has 8 heteroatoms. The lowest BCUT2D eigenvalue weighted by Gasteiger charge is -2.24. The van der Waals surface area contributed by atoms with Gasteiger partial charge in [-0.15, -0.1) is 0 Å². The van der Waals surface area contributed by atoms with Crippen molar-refractivity contribution >= 4 is 12.1 Å². The van der Waals surface area contributed by atoms with Crippen molar-refractivity contribution < 1.29 is 24.0 Å². The maximum Gasteiger partial charge on any atom is 0.407 e. The lowest BCUT2D eigenvalue weighted by atomic mass is 9.97. The molecule has 0 radical (unpaired) electrons. The van der Waals surface area contributed by atoms with E-state index < -0.39 is 41.1 Å². The fourth-order valence-electron chi connectivity index (χ4n) is 1.64. The molecule has 0 aromatic heterocycles. The zero-order chi connectivity index (χ0) is 16.6. The molecule has 0 bridgehead atoms. The van der Waals surface area contributed by atoms with Gasteiger partial charge in [-0.25, -0.2) is 4.79 Å². The Morgan fingerprint density at radius 1 is 1.33 bits per heavy atom. The van der Waals surface area contributed by atoms with Gasteiger partial charge in [0.1, 0.15) is 5.60 Å². The summed E-state index contributed by atoms with van der Waals surface area (Å²) in [6.07, 6.45) is -0.807. The molecule has 0 aromatic rings. The second kappa shape index (κ2) is 8.43. The number of ether oxygens (including phenoxy) is 2. The second-order valence-corrected chi connectivity index (χ2v) is 5.72. The number of esters is 1. The number of alkyl carbamates (subject to hydrolysis) is 1. The summed E-state index contributed by atoms with van der Waals surface area (Å²) in [7, 11) is 0. The Morgan fingerprint density at radius 3 is 2.33 bits per heavy atom. The predicted octanol–water partition coefficient (Wildman–Crippen LogP) is 1.75. The van der Waals surface area contributed by atoms with Crippen LogP contribution in [0.3, 0.4) is 0 Å². The predicted molar refractivity (Wildman–Crippen MR) is 75.4 cm³/mol. The van der Waals surface area contributed by atoms with Crippen LogP contribution < -0.4 is 5.32 Å². The Morgan fingerprint density at radius 2 is 1.90 bits per heavy atom. The molecule has 0 saturated carbocycles. The zero-order valence-electron chi connectivity index (χ0n) is 13.2. The average molecular weight is 304 g/mol. The number of hydrogen-bond donors (Lipinski definition) is 1. The van der Waals surface area contributed by atoms with Gasteiger partial charge in [-0.3, -0.25) is 14.9 Å². The van der Waals surface area contributed by atoms with E-state index in [9.17, 15) is 19.7 Å². The Bertz CT molecular complexity index is 377. The third kappa shape index (κ3) is 9.64. The van der Waals surface area contributed by atoms with Crippen LogP contribution in [0.2, 0.25) is 0 Å². The summed E-state index contributed by atoms with van der Waals surface area (Å²) >= 11 is 0. The molecule has 0 spiro atoms. The molecule has 0 fully saturated rings. The van der Waals surface area contributed by atoms with Crippen molar-refractivity contribution in [3.05, 3.63) is 10.1 Å². The number of hydrogen-bond acceptors (Lipinski definition) is 6. The molecule has 0 aliphatic heterocycles. The van der Waals surface area contributed by atoms with Crippen molar-refractivity contribution in [3.8, 4) is 0 Å². The number of nitrogens with one attached hydrogen (secondary N) is 1. The highest BCUT2D eigenvalue weighted by Crippen LogP contribution is 2.13. The van der Waals surface area contributed by atoms with Gasteiger partial charge in [-0.1, -0.05) is 0 Å². The number of carbonyl (C=O) groups excluding carboxylic acids is 2. The molecule has 1 N–H and O–H groups in total. The van der Waals surface area contributed by atoms with Crippen LogP contribution in [-0.4, -0.2) is 41.8 Å². The molecule has 0 aliphatic carbocycles. The minimum atomic E-state index is -0.674. The largest absolute Gasteiger partial charge is 0.466 e. The van der Waals surface area contributed by atoms with E-state index >= 15 is 0 Å². The van der Waals surface area contributed by atoms with Gasteiger partial charge in [-0.05, 0) is 34.6 Å². The summed E-state index contributed by atoms with van der Waals surface area (Å²) in [5, 5.41) is 13.2. The first-order valence-electron chi connectivity index (χ1n) is 6.82. The number of rotatable bonds is 7. The van der Waals surface area contributed by atoms with Crippen LogP contribution in [0.5, 0.6) is 0 Å². The standard InChI is InChI=1S/C13H24N2O6/c1-6-20-11(16)7-10(8-15(18)19)9(2)14-12(17)21-13(3,4)5/h9-10H,6-8H2,1-5H3,(H,14,17)/t9?,10-/m0/s1. The van der Waals surface area contributed by atoms with E-state index in [1.54, 1.807) is 34.6 Å². The van der Waals surface area contributed by atoms with Crippen LogP contribution in [0, 0.1) is 16.0 Å². The van der Waals surface area contributed by atoms with Crippen LogP contribution in [0.4, 0.5) is 4.79 Å². The molecule has 0 rings (SSSR count). The normalized spacial score (nSPS) is 14.0. The maximum atomic E-state index is 11.7. The SMILES string of the molecule is CCOC(=O)C[C@@H](C[N+](=O)[O-])C(C)NC(=O)OC(C)(C)C. The average Bonchev–Trinajstić information content (AvgIpc) is 2.24. The van der Waals surface area contributed by atoms with E-state index in [1.807, 2.05) is 0 Å². The molecular weight excluding hydrogens is 280 g/mol. The Kier molecular flexibility index (Phi) is 7.69. The fraction of sp³-hybridized carbons (Fsp3) is 0.846. The summed E-state index contributed by atoms with van der Waals surface area (Å²) in [6, 6.07) is -0.588. The first kappa shape index (κ1) is 19.1. The molecule has 8 nitrogen and oxygen atoms in total. The van der Waals surface area contributed by atoms with Crippen LogP contribution >= 0.6 is 0 Å². The van der Waals surface area contributed by atoms with Gasteiger partial charge < -0.3 is 14.8 Å². The van der Waals surface area contributed by atoms with Gasteiger partial charge in [-0.2, -0.15) is 0 Å². The van der Waals surface area contributed by atoms with Crippen LogP contribution in [0.25, 0.3) is 0 Å². The highest BCUT2D eigenvalue weighted by Gasteiger charge is 2.28. The van der Waals surface area contributed by atoms with E-state index in [1.165, 1.54) is 0 Å². The van der Waals surface area contributed by atoms with Gasteiger partial charge in [0.15, 0.2) is 0 Å². The summed E-state index contributed by atoms with van der Waals surface area (Å²) in [6.45, 7) is 8.16. The Hall–Kier alpha value is -1.86. The zero-order valence-corrected chi connectivity index (χ0v) is 13.2. The van der Waals surface area contributed by atoms with Crippen LogP contribution in [0.1, 0.15) is 41.0 Å². The lowest BCUT2D eigenvalue weighted by Crippen LogP contribution is -2.44. The summed E-state index contributed by atoms with van der Waals surface area (Å²) in [5.41, 5.74) is -0.663. The van der Waals surface area contributed by atoms with Gasteiger partial charge in [0, 0.05) is 11.0 Å². The molecule has 0 aliphatic rings. The molecule has 0 saturated heterocycles. The second-order valence-electron chi connectivity index (χ2n) is 5.72. The van der Waals surface area contributed by atoms with Gasteiger partial charge in [0.25, 0.3) is 0 Å². The van der Waals surface area contributed by atoms with Gasteiger partial charge in [0.05, 0.1) is 18.9 Å². The van der Waals surface area contributed by atoms with E-state index in [2.05, 4.69) is 5.32 Å². The summed E-state index contributed by atoms with van der Waals surface area (Å²) in [4.78, 5) is 33.3. The quantitative estimate of drug-likeness (QED) is 0.436. The monoisotopic (exact) mass is 304 g/mol. The number of nitro groups is 1. The van der Waals surface area contributed by atoms with Crippen molar-refractivity contribution in [2.45, 2.75) is 52.7 Å². The molecular formula is C13H24N2O6. The minimum Gasteiger partial charge on any atom is -0.466 e. The maximum absolute atomic E-state index is 11.7. The van der Waals surface area contributed by atoms with Crippen LogP contribution in [-0.2, 0) is 14.3 Å². The van der Waals surface area contributed by atoms with Gasteiger partial charge >= 0.3 is 12.1 Å². The molecule has 0 heterocycles. The lowest BCUT2D eigenvalue weighted by molar-refractivity contribution is -0.488. The fourth-order valence-corrected chi connectivity index (χ4v) is 1.64. The van der Waals surface area contributed by atoms with Crippen molar-refractivity contribution in [1.82, 2.24) is 5.32 Å². The smallest absolute Gasteiger partial charge is 0.407 e. The van der Waals surface area contributed by atoms with E-state index in [-0.39, 0.29) is 13.0 Å². The molecule has 0 aromatic carbocycles. The number of nitrogens with zero attached hydrogens (tertiary/aromatic N) is 1. The third-order valence-electron chi connectivity index (χ3n) is 2.57. The van der Waals surface area contributed by atoms with E-state index in [4.69, 9.17) is 9.47 Å². The van der Waals surface area contributed by atoms with E-state index in [0.29, 0.717) is 0 Å². The van der Waals surface area contributed by atoms with E-state index in [0.717, 1.165) is 0 Å².